The fourth-order valence-corrected chi connectivity index (χ4v) is 2.53. The molecule has 0 spiro atoms. The number of ether oxygens (including phenoxy) is 2. The van der Waals surface area contributed by atoms with Gasteiger partial charge in [0.1, 0.15) is 23.4 Å². The van der Waals surface area contributed by atoms with Crippen molar-refractivity contribution in [2.45, 2.75) is 19.1 Å². The highest BCUT2D eigenvalue weighted by atomic mass is 19.1. The van der Waals surface area contributed by atoms with E-state index in [1.165, 1.54) is 18.7 Å². The second-order valence-electron chi connectivity index (χ2n) is 5.14. The van der Waals surface area contributed by atoms with E-state index in [1.54, 1.807) is 12.1 Å². The second kappa shape index (κ2) is 6.14. The first-order valence-corrected chi connectivity index (χ1v) is 7.04. The summed E-state index contributed by atoms with van der Waals surface area (Å²) in [6.07, 6.45) is 1.01. The molecule has 2 aromatic carbocycles. The van der Waals surface area contributed by atoms with E-state index in [0.717, 1.165) is 12.2 Å². The monoisotopic (exact) mass is 287 g/mol. The lowest BCUT2D eigenvalue weighted by Crippen LogP contribution is -2.29. The summed E-state index contributed by atoms with van der Waals surface area (Å²) in [5.41, 5.74) is 1.87. The summed E-state index contributed by atoms with van der Waals surface area (Å²) in [7, 11) is 1.53. The number of para-hydroxylation sites is 1. The summed E-state index contributed by atoms with van der Waals surface area (Å²) in [5, 5.41) is 3.25. The number of rotatable bonds is 5. The minimum absolute atomic E-state index is 0.115. The third kappa shape index (κ3) is 3.16. The van der Waals surface area contributed by atoms with Crippen LogP contribution in [0.3, 0.4) is 0 Å². The summed E-state index contributed by atoms with van der Waals surface area (Å²) in [6, 6.07) is 13.0. The van der Waals surface area contributed by atoms with Crippen LogP contribution < -0.4 is 14.8 Å². The minimum atomic E-state index is -0.252. The number of hydrogen-bond donors (Lipinski definition) is 1. The largest absolute Gasteiger partial charge is 0.497 e. The second-order valence-corrected chi connectivity index (χ2v) is 5.14. The van der Waals surface area contributed by atoms with Crippen molar-refractivity contribution in [2.75, 3.05) is 13.7 Å². The van der Waals surface area contributed by atoms with Crippen LogP contribution in [0.15, 0.2) is 42.5 Å². The number of halogens is 1. The van der Waals surface area contributed by atoms with Gasteiger partial charge in [0.2, 0.25) is 0 Å². The average molecular weight is 287 g/mol. The lowest BCUT2D eigenvalue weighted by atomic mass is 10.1. The quantitative estimate of drug-likeness (QED) is 0.917. The molecule has 0 radical (unpaired) electrons. The Kier molecular flexibility index (Phi) is 4.06. The molecule has 1 N–H and O–H groups in total. The van der Waals surface area contributed by atoms with Gasteiger partial charge in [-0.3, -0.25) is 0 Å². The molecule has 1 aliphatic heterocycles. The Bertz CT molecular complexity index is 605. The molecule has 4 heteroatoms. The molecule has 0 bridgehead atoms. The number of nitrogens with one attached hydrogen (secondary N) is 1. The molecule has 0 aliphatic carbocycles. The van der Waals surface area contributed by atoms with Crippen LogP contribution in [0.2, 0.25) is 0 Å². The molecule has 21 heavy (non-hydrogen) atoms. The molecular formula is C17H18FNO2. The third-order valence-electron chi connectivity index (χ3n) is 3.66. The van der Waals surface area contributed by atoms with Crippen molar-refractivity contribution in [3.05, 3.63) is 59.4 Å². The summed E-state index contributed by atoms with van der Waals surface area (Å²) >= 11 is 0. The molecule has 0 saturated heterocycles. The number of methoxy groups -OCH3 is 1. The van der Waals surface area contributed by atoms with Crippen LogP contribution in [0.5, 0.6) is 11.5 Å². The van der Waals surface area contributed by atoms with Gasteiger partial charge < -0.3 is 14.8 Å². The van der Waals surface area contributed by atoms with E-state index in [1.807, 2.05) is 18.2 Å². The molecule has 1 aliphatic rings. The number of fused-ring (bicyclic) bond motifs is 1. The predicted molar refractivity (Wildman–Crippen MR) is 79.2 cm³/mol. The van der Waals surface area contributed by atoms with Gasteiger partial charge in [-0.05, 0) is 17.7 Å². The fraction of sp³-hybridized carbons (Fsp3) is 0.294. The number of benzene rings is 2. The zero-order valence-corrected chi connectivity index (χ0v) is 11.9. The molecule has 2 aromatic rings. The van der Waals surface area contributed by atoms with Gasteiger partial charge in [-0.1, -0.05) is 24.3 Å². The molecule has 0 saturated carbocycles. The first-order valence-electron chi connectivity index (χ1n) is 7.04. The van der Waals surface area contributed by atoms with E-state index in [2.05, 4.69) is 11.4 Å². The van der Waals surface area contributed by atoms with E-state index < -0.39 is 0 Å². The topological polar surface area (TPSA) is 30.5 Å². The van der Waals surface area contributed by atoms with Crippen molar-refractivity contribution >= 4 is 0 Å². The summed E-state index contributed by atoms with van der Waals surface area (Å²) in [6.45, 7) is 1.17. The molecule has 1 atom stereocenters. The molecule has 1 heterocycles. The lowest BCUT2D eigenvalue weighted by molar-refractivity contribution is 0.227. The molecule has 1 unspecified atom stereocenters. The highest BCUT2D eigenvalue weighted by Gasteiger charge is 2.21. The van der Waals surface area contributed by atoms with E-state index in [9.17, 15) is 4.39 Å². The Hall–Kier alpha value is -2.07. The van der Waals surface area contributed by atoms with E-state index in [-0.39, 0.29) is 11.9 Å². The summed E-state index contributed by atoms with van der Waals surface area (Å²) < 4.78 is 24.6. The zero-order chi connectivity index (χ0) is 14.7. The maximum Gasteiger partial charge on any atom is 0.131 e. The lowest BCUT2D eigenvalue weighted by Gasteiger charge is -2.12. The highest BCUT2D eigenvalue weighted by Crippen LogP contribution is 2.27. The van der Waals surface area contributed by atoms with E-state index in [4.69, 9.17) is 9.47 Å². The standard InChI is InChI=1S/C17H18FNO2/c1-20-14-7-6-13(16(18)9-14)10-19-11-15-8-12-4-2-3-5-17(12)21-15/h2-7,9,15,19H,8,10-11H2,1H3. The molecule has 3 nitrogen and oxygen atoms in total. The van der Waals surface area contributed by atoms with Crippen LogP contribution in [0.25, 0.3) is 0 Å². The summed E-state index contributed by atoms with van der Waals surface area (Å²) in [5.74, 6) is 1.24. The highest BCUT2D eigenvalue weighted by molar-refractivity contribution is 5.37. The average Bonchev–Trinajstić information content (AvgIpc) is 2.91. The van der Waals surface area contributed by atoms with Crippen LogP contribution in [0.1, 0.15) is 11.1 Å². The van der Waals surface area contributed by atoms with Gasteiger partial charge >= 0.3 is 0 Å². The predicted octanol–water partition coefficient (Wildman–Crippen LogP) is 2.93. The Balaban J connectivity index is 1.51. The Morgan fingerprint density at radius 3 is 2.90 bits per heavy atom. The summed E-state index contributed by atoms with van der Waals surface area (Å²) in [4.78, 5) is 0. The molecule has 110 valence electrons. The van der Waals surface area contributed by atoms with E-state index in [0.29, 0.717) is 24.4 Å². The smallest absolute Gasteiger partial charge is 0.131 e. The van der Waals surface area contributed by atoms with Crippen molar-refractivity contribution in [2.24, 2.45) is 0 Å². The Morgan fingerprint density at radius 2 is 2.14 bits per heavy atom. The van der Waals surface area contributed by atoms with Crippen molar-refractivity contribution in [1.82, 2.24) is 5.32 Å². The molecular weight excluding hydrogens is 269 g/mol. The SMILES string of the molecule is COc1ccc(CNCC2Cc3ccccc3O2)c(F)c1. The van der Waals surface area contributed by atoms with Gasteiger partial charge in [-0.15, -0.1) is 0 Å². The Labute approximate surface area is 123 Å². The number of hydrogen-bond acceptors (Lipinski definition) is 3. The molecule has 0 fully saturated rings. The Morgan fingerprint density at radius 1 is 1.29 bits per heavy atom. The van der Waals surface area contributed by atoms with E-state index >= 15 is 0 Å². The first kappa shape index (κ1) is 13.9. The normalized spacial score (nSPS) is 16.4. The van der Waals surface area contributed by atoms with Gasteiger partial charge in [0, 0.05) is 31.1 Å². The van der Waals surface area contributed by atoms with Crippen molar-refractivity contribution in [3.63, 3.8) is 0 Å². The zero-order valence-electron chi connectivity index (χ0n) is 11.9. The minimum Gasteiger partial charge on any atom is -0.497 e. The van der Waals surface area contributed by atoms with Crippen LogP contribution >= 0.6 is 0 Å². The first-order chi connectivity index (χ1) is 10.3. The molecule has 3 rings (SSSR count). The van der Waals surface area contributed by atoms with Crippen molar-refractivity contribution < 1.29 is 13.9 Å². The van der Waals surface area contributed by atoms with Gasteiger partial charge in [-0.2, -0.15) is 0 Å². The van der Waals surface area contributed by atoms with Crippen molar-refractivity contribution in [1.29, 1.82) is 0 Å². The maximum absolute atomic E-state index is 13.8. The van der Waals surface area contributed by atoms with Crippen LogP contribution in [0, 0.1) is 5.82 Å². The van der Waals surface area contributed by atoms with Gasteiger partial charge in [0.25, 0.3) is 0 Å². The maximum atomic E-state index is 13.8. The molecule has 0 amide bonds. The van der Waals surface area contributed by atoms with Crippen molar-refractivity contribution in [3.8, 4) is 11.5 Å². The van der Waals surface area contributed by atoms with Gasteiger partial charge in [0.15, 0.2) is 0 Å². The third-order valence-corrected chi connectivity index (χ3v) is 3.66. The van der Waals surface area contributed by atoms with Crippen LogP contribution in [-0.2, 0) is 13.0 Å². The van der Waals surface area contributed by atoms with Gasteiger partial charge in [0.05, 0.1) is 7.11 Å². The van der Waals surface area contributed by atoms with Crippen LogP contribution in [0.4, 0.5) is 4.39 Å². The van der Waals surface area contributed by atoms with Gasteiger partial charge in [-0.25, -0.2) is 4.39 Å². The molecule has 0 aromatic heterocycles. The fourth-order valence-electron chi connectivity index (χ4n) is 2.53. The van der Waals surface area contributed by atoms with Crippen LogP contribution in [-0.4, -0.2) is 19.8 Å².